The molecule has 0 N–H and O–H groups in total. The third kappa shape index (κ3) is 10.3. The number of unbranched alkanes of at least 4 members (excludes halogenated alkanes) is 10. The van der Waals surface area contributed by atoms with Gasteiger partial charge in [0.25, 0.3) is 0 Å². The first-order valence-corrected chi connectivity index (χ1v) is 13.8. The van der Waals surface area contributed by atoms with Crippen molar-refractivity contribution in [1.29, 1.82) is 0 Å². The van der Waals surface area contributed by atoms with E-state index in [1.807, 2.05) is 11.8 Å². The number of benzene rings is 2. The summed E-state index contributed by atoms with van der Waals surface area (Å²) in [6, 6.07) is 14.2. The van der Waals surface area contributed by atoms with Crippen LogP contribution < -0.4 is 0 Å². The first-order valence-electron chi connectivity index (χ1n) is 13.0. The highest BCUT2D eigenvalue weighted by Crippen LogP contribution is 2.33. The van der Waals surface area contributed by atoms with E-state index < -0.39 is 0 Å². The molecule has 2 aromatic rings. The summed E-state index contributed by atoms with van der Waals surface area (Å²) >= 11 is 1.93. The highest BCUT2D eigenvalue weighted by Gasteiger charge is 2.07. The first kappa shape index (κ1) is 26.0. The van der Waals surface area contributed by atoms with Crippen LogP contribution in [0.1, 0.15) is 113 Å². The van der Waals surface area contributed by atoms with E-state index in [2.05, 4.69) is 64.1 Å². The van der Waals surface area contributed by atoms with Gasteiger partial charge < -0.3 is 0 Å². The van der Waals surface area contributed by atoms with Crippen molar-refractivity contribution in [3.63, 3.8) is 0 Å². The van der Waals surface area contributed by atoms with Gasteiger partial charge in [0, 0.05) is 9.79 Å². The highest BCUT2D eigenvalue weighted by atomic mass is 32.2. The standard InChI is InChI=1S/C30H46S/c1-5-7-9-11-13-15-17-27-19-21-29(25(3)23-27)31-30-22-20-28(24-26(30)4)18-16-14-12-10-8-6-2/h19-24H,5-18H2,1-4H3. The molecule has 0 saturated carbocycles. The molecule has 0 aromatic heterocycles. The molecule has 0 bridgehead atoms. The molecule has 0 aliphatic carbocycles. The van der Waals surface area contributed by atoms with Gasteiger partial charge in [-0.1, -0.05) is 114 Å². The van der Waals surface area contributed by atoms with E-state index in [9.17, 15) is 0 Å². The smallest absolute Gasteiger partial charge is 0.0151 e. The van der Waals surface area contributed by atoms with E-state index in [0.717, 1.165) is 0 Å². The molecule has 0 heterocycles. The van der Waals surface area contributed by atoms with Gasteiger partial charge in [0.2, 0.25) is 0 Å². The average Bonchev–Trinajstić information content (AvgIpc) is 2.76. The van der Waals surface area contributed by atoms with Gasteiger partial charge in [-0.05, 0) is 73.9 Å². The Kier molecular flexibility index (Phi) is 13.1. The van der Waals surface area contributed by atoms with Gasteiger partial charge in [-0.2, -0.15) is 0 Å². The maximum absolute atomic E-state index is 2.41. The van der Waals surface area contributed by atoms with Crippen LogP contribution in [-0.4, -0.2) is 0 Å². The monoisotopic (exact) mass is 438 g/mol. The Balaban J connectivity index is 1.81. The minimum atomic E-state index is 1.23. The van der Waals surface area contributed by atoms with Crippen molar-refractivity contribution in [2.45, 2.75) is 127 Å². The van der Waals surface area contributed by atoms with Crippen molar-refractivity contribution in [2.24, 2.45) is 0 Å². The third-order valence-corrected chi connectivity index (χ3v) is 7.69. The summed E-state index contributed by atoms with van der Waals surface area (Å²) in [7, 11) is 0. The zero-order valence-electron chi connectivity index (χ0n) is 20.8. The summed E-state index contributed by atoms with van der Waals surface area (Å²) in [5.41, 5.74) is 5.85. The van der Waals surface area contributed by atoms with Crippen LogP contribution in [-0.2, 0) is 12.8 Å². The maximum atomic E-state index is 2.41. The van der Waals surface area contributed by atoms with Crippen LogP contribution in [0, 0.1) is 13.8 Å². The van der Waals surface area contributed by atoms with Crippen LogP contribution in [0.3, 0.4) is 0 Å². The van der Waals surface area contributed by atoms with Gasteiger partial charge in [-0.15, -0.1) is 0 Å². The van der Waals surface area contributed by atoms with Crippen LogP contribution in [0.5, 0.6) is 0 Å². The molecule has 0 nitrogen and oxygen atoms in total. The van der Waals surface area contributed by atoms with Gasteiger partial charge in [-0.3, -0.25) is 0 Å². The number of rotatable bonds is 16. The topological polar surface area (TPSA) is 0 Å². The van der Waals surface area contributed by atoms with Gasteiger partial charge in [0.05, 0.1) is 0 Å². The van der Waals surface area contributed by atoms with Crippen molar-refractivity contribution >= 4 is 11.8 Å². The Morgan fingerprint density at radius 2 is 0.903 bits per heavy atom. The van der Waals surface area contributed by atoms with Gasteiger partial charge in [0.15, 0.2) is 0 Å². The molecular formula is C30H46S. The molecule has 172 valence electrons. The molecule has 0 spiro atoms. The Morgan fingerprint density at radius 3 is 1.29 bits per heavy atom. The lowest BCUT2D eigenvalue weighted by molar-refractivity contribution is 0.607. The Morgan fingerprint density at radius 1 is 0.516 bits per heavy atom. The van der Waals surface area contributed by atoms with Crippen molar-refractivity contribution in [2.75, 3.05) is 0 Å². The number of aryl methyl sites for hydroxylation is 4. The van der Waals surface area contributed by atoms with Gasteiger partial charge in [0.1, 0.15) is 0 Å². The second kappa shape index (κ2) is 15.6. The molecule has 1 heteroatoms. The molecule has 0 aliphatic rings. The minimum Gasteiger partial charge on any atom is -0.0895 e. The van der Waals surface area contributed by atoms with E-state index in [1.54, 1.807) is 0 Å². The van der Waals surface area contributed by atoms with E-state index in [0.29, 0.717) is 0 Å². The predicted octanol–water partition coefficient (Wildman–Crippen LogP) is 10.3. The van der Waals surface area contributed by atoms with E-state index in [1.165, 1.54) is 122 Å². The zero-order chi connectivity index (χ0) is 22.3. The van der Waals surface area contributed by atoms with Crippen LogP contribution in [0.4, 0.5) is 0 Å². The summed E-state index contributed by atoms with van der Waals surface area (Å²) in [6.07, 6.45) is 18.9. The van der Waals surface area contributed by atoms with Crippen molar-refractivity contribution < 1.29 is 0 Å². The molecule has 0 atom stereocenters. The van der Waals surface area contributed by atoms with Crippen LogP contribution in [0.2, 0.25) is 0 Å². The largest absolute Gasteiger partial charge is 0.0895 e. The summed E-state index contributed by atoms with van der Waals surface area (Å²) in [5, 5.41) is 0. The fourth-order valence-electron chi connectivity index (χ4n) is 4.30. The van der Waals surface area contributed by atoms with E-state index in [-0.39, 0.29) is 0 Å². The summed E-state index contributed by atoms with van der Waals surface area (Å²) in [6.45, 7) is 9.12. The Labute approximate surface area is 197 Å². The lowest BCUT2D eigenvalue weighted by Crippen LogP contribution is -1.91. The molecule has 0 amide bonds. The van der Waals surface area contributed by atoms with Crippen molar-refractivity contribution in [3.8, 4) is 0 Å². The summed E-state index contributed by atoms with van der Waals surface area (Å²) in [5.74, 6) is 0. The minimum absolute atomic E-state index is 1.23. The first-order chi connectivity index (χ1) is 15.1. The molecule has 0 aliphatic heterocycles. The Hall–Kier alpha value is -1.21. The second-order valence-electron chi connectivity index (χ2n) is 9.34. The van der Waals surface area contributed by atoms with E-state index >= 15 is 0 Å². The molecule has 2 rings (SSSR count). The SMILES string of the molecule is CCCCCCCCc1ccc(Sc2ccc(CCCCCCCC)cc2C)c(C)c1. The normalized spacial score (nSPS) is 11.2. The lowest BCUT2D eigenvalue weighted by Gasteiger charge is -2.12. The fraction of sp³-hybridized carbons (Fsp3) is 0.600. The zero-order valence-corrected chi connectivity index (χ0v) is 21.6. The quantitative estimate of drug-likeness (QED) is 0.235. The number of hydrogen-bond acceptors (Lipinski definition) is 1. The molecule has 31 heavy (non-hydrogen) atoms. The molecular weight excluding hydrogens is 392 g/mol. The van der Waals surface area contributed by atoms with Gasteiger partial charge >= 0.3 is 0 Å². The summed E-state index contributed by atoms with van der Waals surface area (Å²) < 4.78 is 0. The molecule has 0 fully saturated rings. The third-order valence-electron chi connectivity index (χ3n) is 6.34. The Bertz CT molecular complexity index is 683. The van der Waals surface area contributed by atoms with Crippen LogP contribution in [0.25, 0.3) is 0 Å². The van der Waals surface area contributed by atoms with Crippen LogP contribution in [0.15, 0.2) is 46.2 Å². The van der Waals surface area contributed by atoms with Crippen molar-refractivity contribution in [1.82, 2.24) is 0 Å². The van der Waals surface area contributed by atoms with Crippen LogP contribution >= 0.6 is 11.8 Å². The molecule has 2 aromatic carbocycles. The van der Waals surface area contributed by atoms with Gasteiger partial charge in [-0.25, -0.2) is 0 Å². The molecule has 0 saturated heterocycles. The molecule has 0 radical (unpaired) electrons. The molecule has 0 unspecified atom stereocenters. The maximum Gasteiger partial charge on any atom is 0.0151 e. The fourth-order valence-corrected chi connectivity index (χ4v) is 5.25. The highest BCUT2D eigenvalue weighted by molar-refractivity contribution is 7.99. The van der Waals surface area contributed by atoms with E-state index in [4.69, 9.17) is 0 Å². The number of hydrogen-bond donors (Lipinski definition) is 0. The summed E-state index contributed by atoms with van der Waals surface area (Å²) in [4.78, 5) is 2.80. The lowest BCUT2D eigenvalue weighted by atomic mass is 10.0. The second-order valence-corrected chi connectivity index (χ2v) is 10.4. The average molecular weight is 439 g/mol. The predicted molar refractivity (Wildman–Crippen MR) is 141 cm³/mol. The van der Waals surface area contributed by atoms with Crippen molar-refractivity contribution in [3.05, 3.63) is 58.7 Å².